The van der Waals surface area contributed by atoms with Gasteiger partial charge in [0.15, 0.2) is 11.5 Å². The Morgan fingerprint density at radius 3 is 2.49 bits per heavy atom. The smallest absolute Gasteiger partial charge is 0.322 e. The highest BCUT2D eigenvalue weighted by Gasteiger charge is 2.20. The molecule has 3 aromatic rings. The Morgan fingerprint density at radius 1 is 1.09 bits per heavy atom. The first-order chi connectivity index (χ1) is 16.4. The van der Waals surface area contributed by atoms with Crippen molar-refractivity contribution in [3.8, 4) is 11.5 Å². The van der Waals surface area contributed by atoms with E-state index in [2.05, 4.69) is 5.32 Å². The average Bonchev–Trinajstić information content (AvgIpc) is 2.84. The van der Waals surface area contributed by atoms with E-state index in [4.69, 9.17) is 26.8 Å². The molecule has 2 amide bonds. The first-order valence-electron chi connectivity index (χ1n) is 10.4. The highest BCUT2D eigenvalue weighted by molar-refractivity contribution is 6.31. The van der Waals surface area contributed by atoms with E-state index in [0.29, 0.717) is 18.1 Å². The molecule has 0 aliphatic rings. The van der Waals surface area contributed by atoms with Gasteiger partial charge >= 0.3 is 6.03 Å². The predicted octanol–water partition coefficient (Wildman–Crippen LogP) is 5.25. The van der Waals surface area contributed by atoms with Gasteiger partial charge in [-0.2, -0.15) is 0 Å². The van der Waals surface area contributed by atoms with Gasteiger partial charge in [-0.3, -0.25) is 10.1 Å². The van der Waals surface area contributed by atoms with Crippen LogP contribution in [0.1, 0.15) is 11.1 Å². The van der Waals surface area contributed by atoms with E-state index in [-0.39, 0.29) is 48.4 Å². The van der Waals surface area contributed by atoms with Crippen LogP contribution in [0.4, 0.5) is 16.2 Å². The van der Waals surface area contributed by atoms with Gasteiger partial charge in [0.05, 0.1) is 12.0 Å². The molecule has 9 nitrogen and oxygen atoms in total. The Labute approximate surface area is 214 Å². The fourth-order valence-corrected chi connectivity index (χ4v) is 3.42. The lowest BCUT2D eigenvalue weighted by Gasteiger charge is -2.23. The van der Waals surface area contributed by atoms with Crippen LogP contribution in [0.15, 0.2) is 66.7 Å². The Morgan fingerprint density at radius 2 is 1.83 bits per heavy atom. The average molecular weight is 521 g/mol. The van der Waals surface area contributed by atoms with Crippen LogP contribution >= 0.6 is 24.0 Å². The van der Waals surface area contributed by atoms with Crippen molar-refractivity contribution in [2.45, 2.75) is 13.2 Å². The van der Waals surface area contributed by atoms with Crippen molar-refractivity contribution < 1.29 is 19.2 Å². The molecule has 0 atom stereocenters. The van der Waals surface area contributed by atoms with E-state index in [1.165, 1.54) is 23.1 Å². The number of nitro groups is 1. The van der Waals surface area contributed by atoms with Crippen LogP contribution in [-0.2, 0) is 13.2 Å². The Bertz CT molecular complexity index is 1150. The number of nitrogens with one attached hydrogen (secondary N) is 1. The summed E-state index contributed by atoms with van der Waals surface area (Å²) < 4.78 is 11.3. The predicted molar refractivity (Wildman–Crippen MR) is 138 cm³/mol. The number of nitrogens with two attached hydrogens (primary N) is 1. The molecule has 0 aliphatic carbocycles. The zero-order valence-electron chi connectivity index (χ0n) is 19.0. The quantitative estimate of drug-likeness (QED) is 0.278. The summed E-state index contributed by atoms with van der Waals surface area (Å²) in [7, 11) is 1.54. The molecule has 0 spiro atoms. The minimum atomic E-state index is -0.603. The first-order valence-corrected chi connectivity index (χ1v) is 10.8. The van der Waals surface area contributed by atoms with Gasteiger partial charge in [0, 0.05) is 30.7 Å². The van der Waals surface area contributed by atoms with E-state index in [1.54, 1.807) is 19.2 Å². The number of nitrogens with zero attached hydrogens (tertiary/aromatic N) is 2. The van der Waals surface area contributed by atoms with Gasteiger partial charge in [0.25, 0.3) is 5.69 Å². The molecule has 0 aliphatic heterocycles. The van der Waals surface area contributed by atoms with Gasteiger partial charge in [0.1, 0.15) is 12.3 Å². The Balaban J connectivity index is 0.00000432. The molecule has 0 saturated carbocycles. The standard InChI is InChI=1S/C24H25ClN4O5.ClH/c1-33-23-13-18(7-10-22(23)34-16-17-5-3-2-4-6-17)15-28(12-11-26)24(30)27-20-9-8-19(25)14-21(20)29(31)32;/h2-10,13-14H,11-12,15-16,26H2,1H3,(H,27,30);1H. The lowest BCUT2D eigenvalue weighted by Crippen LogP contribution is -2.38. The van der Waals surface area contributed by atoms with Crippen LogP contribution < -0.4 is 20.5 Å². The molecule has 0 saturated heterocycles. The second-order valence-corrected chi connectivity index (χ2v) is 7.75. The number of nitro benzene ring substituents is 1. The third kappa shape index (κ3) is 7.74. The number of hydrogen-bond acceptors (Lipinski definition) is 6. The summed E-state index contributed by atoms with van der Waals surface area (Å²) in [5, 5.41) is 14.1. The molecule has 35 heavy (non-hydrogen) atoms. The number of methoxy groups -OCH3 is 1. The molecule has 0 bridgehead atoms. The number of amides is 2. The van der Waals surface area contributed by atoms with E-state index >= 15 is 0 Å². The van der Waals surface area contributed by atoms with E-state index in [1.807, 2.05) is 36.4 Å². The lowest BCUT2D eigenvalue weighted by atomic mass is 10.2. The molecule has 3 rings (SSSR count). The van der Waals surface area contributed by atoms with Crippen molar-refractivity contribution in [2.75, 3.05) is 25.5 Å². The monoisotopic (exact) mass is 520 g/mol. The maximum Gasteiger partial charge on any atom is 0.322 e. The Kier molecular flexibility index (Phi) is 10.6. The van der Waals surface area contributed by atoms with E-state index < -0.39 is 11.0 Å². The maximum atomic E-state index is 12.9. The van der Waals surface area contributed by atoms with Crippen LogP contribution in [0.3, 0.4) is 0 Å². The minimum absolute atomic E-state index is 0. The molecule has 3 N–H and O–H groups in total. The van der Waals surface area contributed by atoms with E-state index in [0.717, 1.165) is 11.1 Å². The second-order valence-electron chi connectivity index (χ2n) is 7.32. The molecular weight excluding hydrogens is 495 g/mol. The van der Waals surface area contributed by atoms with Gasteiger partial charge in [-0.15, -0.1) is 12.4 Å². The molecule has 0 aromatic heterocycles. The highest BCUT2D eigenvalue weighted by Crippen LogP contribution is 2.30. The molecule has 186 valence electrons. The van der Waals surface area contributed by atoms with E-state index in [9.17, 15) is 14.9 Å². The number of anilines is 1. The zero-order valence-corrected chi connectivity index (χ0v) is 20.6. The third-order valence-electron chi connectivity index (χ3n) is 4.92. The summed E-state index contributed by atoms with van der Waals surface area (Å²) in [5.41, 5.74) is 7.24. The van der Waals surface area contributed by atoms with Crippen molar-refractivity contribution >= 4 is 41.4 Å². The summed E-state index contributed by atoms with van der Waals surface area (Å²) in [5.74, 6) is 1.09. The van der Waals surface area contributed by atoms with Crippen LogP contribution in [-0.4, -0.2) is 36.1 Å². The topological polar surface area (TPSA) is 120 Å². The fraction of sp³-hybridized carbons (Fsp3) is 0.208. The van der Waals surface area contributed by atoms with Crippen molar-refractivity contribution in [2.24, 2.45) is 5.73 Å². The van der Waals surface area contributed by atoms with Crippen molar-refractivity contribution in [3.63, 3.8) is 0 Å². The molecule has 3 aromatic carbocycles. The summed E-state index contributed by atoms with van der Waals surface area (Å²) in [6.45, 7) is 1.05. The third-order valence-corrected chi connectivity index (χ3v) is 5.16. The van der Waals surface area contributed by atoms with Crippen LogP contribution in [0, 0.1) is 10.1 Å². The molecule has 0 unspecified atom stereocenters. The summed E-state index contributed by atoms with van der Waals surface area (Å²) in [6.07, 6.45) is 0. The number of halogens is 2. The number of urea groups is 1. The Hall–Kier alpha value is -3.53. The minimum Gasteiger partial charge on any atom is -0.493 e. The number of benzene rings is 3. The van der Waals surface area contributed by atoms with Crippen molar-refractivity contribution in [3.05, 3.63) is 93.0 Å². The van der Waals surface area contributed by atoms with Crippen molar-refractivity contribution in [1.82, 2.24) is 4.90 Å². The first kappa shape index (κ1) is 27.7. The number of carbonyl (C=O) groups is 1. The largest absolute Gasteiger partial charge is 0.493 e. The molecule has 0 fully saturated rings. The number of rotatable bonds is 10. The van der Waals surface area contributed by atoms with Crippen LogP contribution in [0.2, 0.25) is 5.02 Å². The lowest BCUT2D eigenvalue weighted by molar-refractivity contribution is -0.383. The number of hydrogen-bond donors (Lipinski definition) is 2. The zero-order chi connectivity index (χ0) is 24.5. The van der Waals surface area contributed by atoms with Gasteiger partial charge in [-0.25, -0.2) is 4.79 Å². The summed E-state index contributed by atoms with van der Waals surface area (Å²) in [4.78, 5) is 25.1. The number of ether oxygens (including phenoxy) is 2. The van der Waals surface area contributed by atoms with Crippen LogP contribution in [0.25, 0.3) is 0 Å². The fourth-order valence-electron chi connectivity index (χ4n) is 3.25. The second kappa shape index (κ2) is 13.4. The number of carbonyl (C=O) groups excluding carboxylic acids is 1. The summed E-state index contributed by atoms with van der Waals surface area (Å²) >= 11 is 5.85. The van der Waals surface area contributed by atoms with Gasteiger partial charge in [0.2, 0.25) is 0 Å². The normalized spacial score (nSPS) is 10.1. The highest BCUT2D eigenvalue weighted by atomic mass is 35.5. The van der Waals surface area contributed by atoms with Gasteiger partial charge in [-0.1, -0.05) is 48.0 Å². The maximum absolute atomic E-state index is 12.9. The molecule has 0 heterocycles. The van der Waals surface area contributed by atoms with Gasteiger partial charge < -0.3 is 25.4 Å². The molecule has 0 radical (unpaired) electrons. The van der Waals surface area contributed by atoms with Crippen molar-refractivity contribution in [1.29, 1.82) is 0 Å². The van der Waals surface area contributed by atoms with Gasteiger partial charge in [-0.05, 0) is 35.4 Å². The molecular formula is C24H26Cl2N4O5. The SMILES string of the molecule is COc1cc(CN(CCN)C(=O)Nc2ccc(Cl)cc2[N+](=O)[O-])ccc1OCc1ccccc1.Cl. The summed E-state index contributed by atoms with van der Waals surface area (Å²) in [6, 6.07) is 18.6. The molecule has 11 heteroatoms. The van der Waals surface area contributed by atoms with Crippen LogP contribution in [0.5, 0.6) is 11.5 Å².